The third-order valence-corrected chi connectivity index (χ3v) is 4.80. The number of likely N-dealkylation sites (tertiary alicyclic amines) is 1. The Morgan fingerprint density at radius 1 is 1.22 bits per heavy atom. The second kappa shape index (κ2) is 5.85. The first kappa shape index (κ1) is 15.8. The molecule has 1 spiro atoms. The first-order valence-electron chi connectivity index (χ1n) is 8.08. The predicted octanol–water partition coefficient (Wildman–Crippen LogP) is 1.43. The summed E-state index contributed by atoms with van der Waals surface area (Å²) in [6.45, 7) is 4.57. The number of carbonyl (C=O) groups excluding carboxylic acids is 2. The van der Waals surface area contributed by atoms with Gasteiger partial charge in [-0.15, -0.1) is 0 Å². The number of benzene rings is 1. The van der Waals surface area contributed by atoms with E-state index in [9.17, 15) is 14.7 Å². The first-order chi connectivity index (χ1) is 10.9. The Labute approximate surface area is 135 Å². The van der Waals surface area contributed by atoms with E-state index in [4.69, 9.17) is 0 Å². The van der Waals surface area contributed by atoms with Crippen molar-refractivity contribution in [3.63, 3.8) is 0 Å². The van der Waals surface area contributed by atoms with Gasteiger partial charge in [-0.1, -0.05) is 26.0 Å². The Hall–Kier alpha value is -2.08. The molecule has 1 aromatic rings. The number of rotatable bonds is 2. The minimum absolute atomic E-state index is 0.0484. The monoisotopic (exact) mass is 317 g/mol. The molecule has 2 heterocycles. The molecule has 1 saturated heterocycles. The fraction of sp³-hybridized carbons (Fsp3) is 0.529. The lowest BCUT2D eigenvalue weighted by Crippen LogP contribution is -2.60. The van der Waals surface area contributed by atoms with Crippen LogP contribution in [0.5, 0.6) is 0 Å². The van der Waals surface area contributed by atoms with Crippen LogP contribution in [-0.4, -0.2) is 46.6 Å². The van der Waals surface area contributed by atoms with Gasteiger partial charge in [-0.3, -0.25) is 9.59 Å². The zero-order valence-electron chi connectivity index (χ0n) is 13.5. The van der Waals surface area contributed by atoms with Gasteiger partial charge in [0.2, 0.25) is 5.91 Å². The number of piperidine rings is 1. The van der Waals surface area contributed by atoms with Crippen LogP contribution in [0.25, 0.3) is 0 Å². The summed E-state index contributed by atoms with van der Waals surface area (Å²) in [6, 6.07) is 7.61. The number of aliphatic hydroxyl groups excluding tert-OH is 1. The van der Waals surface area contributed by atoms with Crippen LogP contribution >= 0.6 is 0 Å². The number of carbonyl (C=O) groups is 2. The van der Waals surface area contributed by atoms with Gasteiger partial charge in [-0.25, -0.2) is 0 Å². The molecule has 2 aliphatic heterocycles. The molecular formula is C17H23N3O3. The molecule has 3 N–H and O–H groups in total. The van der Waals surface area contributed by atoms with E-state index in [0.29, 0.717) is 25.9 Å². The molecule has 0 aromatic heterocycles. The fourth-order valence-corrected chi connectivity index (χ4v) is 3.19. The first-order valence-corrected chi connectivity index (χ1v) is 8.08. The number of amides is 2. The van der Waals surface area contributed by atoms with E-state index in [-0.39, 0.29) is 17.7 Å². The zero-order valence-corrected chi connectivity index (χ0v) is 13.5. The van der Waals surface area contributed by atoms with Crippen molar-refractivity contribution in [1.82, 2.24) is 4.90 Å². The van der Waals surface area contributed by atoms with Crippen LogP contribution in [0.15, 0.2) is 24.3 Å². The molecule has 0 saturated carbocycles. The maximum Gasteiger partial charge on any atom is 0.251 e. The number of nitrogens with zero attached hydrogens (tertiary/aromatic N) is 1. The predicted molar refractivity (Wildman–Crippen MR) is 88.1 cm³/mol. The average Bonchev–Trinajstić information content (AvgIpc) is 2.55. The number of para-hydroxylation sites is 2. The molecule has 1 aromatic carbocycles. The summed E-state index contributed by atoms with van der Waals surface area (Å²) in [5.41, 5.74) is 1.03. The van der Waals surface area contributed by atoms with E-state index < -0.39 is 11.6 Å². The van der Waals surface area contributed by atoms with Gasteiger partial charge < -0.3 is 20.6 Å². The van der Waals surface area contributed by atoms with E-state index in [2.05, 4.69) is 10.6 Å². The molecule has 0 radical (unpaired) electrons. The van der Waals surface area contributed by atoms with Crippen molar-refractivity contribution < 1.29 is 14.7 Å². The molecule has 2 amide bonds. The largest absolute Gasteiger partial charge is 0.383 e. The number of hydrogen-bond donors (Lipinski definition) is 3. The fourth-order valence-electron chi connectivity index (χ4n) is 3.19. The van der Waals surface area contributed by atoms with Crippen LogP contribution in [-0.2, 0) is 9.59 Å². The van der Waals surface area contributed by atoms with Crippen LogP contribution in [0.2, 0.25) is 0 Å². The lowest BCUT2D eigenvalue weighted by molar-refractivity contribution is -0.144. The van der Waals surface area contributed by atoms with Gasteiger partial charge in [0.05, 0.1) is 11.4 Å². The van der Waals surface area contributed by atoms with Gasteiger partial charge in [0.1, 0.15) is 11.6 Å². The Kier molecular flexibility index (Phi) is 4.02. The number of aliphatic hydroxyl groups is 1. The normalized spacial score (nSPS) is 20.7. The Morgan fingerprint density at radius 3 is 2.43 bits per heavy atom. The highest BCUT2D eigenvalue weighted by atomic mass is 16.3. The second-order valence-electron chi connectivity index (χ2n) is 6.72. The van der Waals surface area contributed by atoms with Gasteiger partial charge in [-0.2, -0.15) is 0 Å². The van der Waals surface area contributed by atoms with Crippen LogP contribution in [0, 0.1) is 5.92 Å². The molecule has 124 valence electrons. The van der Waals surface area contributed by atoms with E-state index >= 15 is 0 Å². The molecule has 1 atom stereocenters. The van der Waals surface area contributed by atoms with Gasteiger partial charge in [-0.05, 0) is 30.9 Å². The van der Waals surface area contributed by atoms with Crippen molar-refractivity contribution in [3.8, 4) is 0 Å². The molecule has 0 aliphatic carbocycles. The standard InChI is InChI=1S/C17H23N3O3/c1-11(2)14(21)15(22)20-9-7-17(8-10-20)16(23)18-12-5-3-4-6-13(12)19-17/h3-6,11,14,19,21H,7-10H2,1-2H3,(H,18,23)/t14-/m1/s1. The van der Waals surface area contributed by atoms with Crippen molar-refractivity contribution in [3.05, 3.63) is 24.3 Å². The van der Waals surface area contributed by atoms with E-state index in [1.54, 1.807) is 4.90 Å². The molecule has 1 fully saturated rings. The van der Waals surface area contributed by atoms with Crippen LogP contribution < -0.4 is 10.6 Å². The number of anilines is 2. The maximum absolute atomic E-state index is 12.5. The van der Waals surface area contributed by atoms with Crippen molar-refractivity contribution in [2.75, 3.05) is 23.7 Å². The highest BCUT2D eigenvalue weighted by Gasteiger charge is 2.45. The molecule has 0 unspecified atom stereocenters. The second-order valence-corrected chi connectivity index (χ2v) is 6.72. The van der Waals surface area contributed by atoms with E-state index in [1.165, 1.54) is 0 Å². The molecule has 6 nitrogen and oxygen atoms in total. The smallest absolute Gasteiger partial charge is 0.251 e. The lowest BCUT2D eigenvalue weighted by Gasteiger charge is -2.44. The minimum Gasteiger partial charge on any atom is -0.383 e. The third kappa shape index (κ3) is 2.79. The highest BCUT2D eigenvalue weighted by molar-refractivity contribution is 6.06. The summed E-state index contributed by atoms with van der Waals surface area (Å²) in [5.74, 6) is -0.402. The van der Waals surface area contributed by atoms with E-state index in [1.807, 2.05) is 38.1 Å². The summed E-state index contributed by atoms with van der Waals surface area (Å²) >= 11 is 0. The molecule has 6 heteroatoms. The van der Waals surface area contributed by atoms with Crippen LogP contribution in [0.1, 0.15) is 26.7 Å². The zero-order chi connectivity index (χ0) is 16.6. The summed E-state index contributed by atoms with van der Waals surface area (Å²) in [5, 5.41) is 16.3. The lowest BCUT2D eigenvalue weighted by atomic mass is 9.84. The van der Waals surface area contributed by atoms with Crippen molar-refractivity contribution in [2.24, 2.45) is 5.92 Å². The van der Waals surface area contributed by atoms with Gasteiger partial charge in [0.25, 0.3) is 5.91 Å². The van der Waals surface area contributed by atoms with Gasteiger partial charge >= 0.3 is 0 Å². The number of fused-ring (bicyclic) bond motifs is 1. The van der Waals surface area contributed by atoms with Crippen LogP contribution in [0.3, 0.4) is 0 Å². The molecule has 2 aliphatic rings. The SMILES string of the molecule is CC(C)[C@@H](O)C(=O)N1CCC2(CC1)Nc1ccccc1NC2=O. The number of hydrogen-bond acceptors (Lipinski definition) is 4. The van der Waals surface area contributed by atoms with Gasteiger partial charge in [0, 0.05) is 13.1 Å². The number of nitrogens with one attached hydrogen (secondary N) is 2. The molecule has 3 rings (SSSR count). The van der Waals surface area contributed by atoms with Crippen molar-refractivity contribution >= 4 is 23.2 Å². The summed E-state index contributed by atoms with van der Waals surface area (Å²) in [7, 11) is 0. The minimum atomic E-state index is -0.974. The Balaban J connectivity index is 1.71. The van der Waals surface area contributed by atoms with E-state index in [0.717, 1.165) is 11.4 Å². The van der Waals surface area contributed by atoms with Gasteiger partial charge in [0.15, 0.2) is 0 Å². The molecule has 23 heavy (non-hydrogen) atoms. The third-order valence-electron chi connectivity index (χ3n) is 4.80. The molecule has 0 bridgehead atoms. The topological polar surface area (TPSA) is 81.7 Å². The quantitative estimate of drug-likeness (QED) is 0.771. The van der Waals surface area contributed by atoms with Crippen molar-refractivity contribution in [1.29, 1.82) is 0 Å². The Bertz CT molecular complexity index is 621. The van der Waals surface area contributed by atoms with Crippen LogP contribution in [0.4, 0.5) is 11.4 Å². The summed E-state index contributed by atoms with van der Waals surface area (Å²) in [4.78, 5) is 26.4. The Morgan fingerprint density at radius 2 is 1.83 bits per heavy atom. The maximum atomic E-state index is 12.5. The summed E-state index contributed by atoms with van der Waals surface area (Å²) < 4.78 is 0. The van der Waals surface area contributed by atoms with Crippen molar-refractivity contribution in [2.45, 2.75) is 38.3 Å². The average molecular weight is 317 g/mol. The molecular weight excluding hydrogens is 294 g/mol. The summed E-state index contributed by atoms with van der Waals surface area (Å²) in [6.07, 6.45) is 0.0888. The highest BCUT2D eigenvalue weighted by Crippen LogP contribution is 2.36.